The van der Waals surface area contributed by atoms with Gasteiger partial charge in [0.15, 0.2) is 6.61 Å². The lowest BCUT2D eigenvalue weighted by atomic mass is 9.99. The van der Waals surface area contributed by atoms with Gasteiger partial charge in [-0.05, 0) is 47.4 Å². The number of amides is 1. The zero-order valence-corrected chi connectivity index (χ0v) is 24.2. The van der Waals surface area contributed by atoms with E-state index in [1.807, 2.05) is 55.5 Å². The van der Waals surface area contributed by atoms with Gasteiger partial charge in [0, 0.05) is 18.7 Å². The average Bonchev–Trinajstić information content (AvgIpc) is 2.97. The maximum Gasteiger partial charge on any atom is 0.331 e. The van der Waals surface area contributed by atoms with Crippen LogP contribution in [-0.4, -0.2) is 35.2 Å². The summed E-state index contributed by atoms with van der Waals surface area (Å²) in [5, 5.41) is 16.2. The van der Waals surface area contributed by atoms with E-state index in [4.69, 9.17) is 4.84 Å². The number of benzene rings is 3. The molecule has 0 aromatic heterocycles. The van der Waals surface area contributed by atoms with Crippen LogP contribution in [0.25, 0.3) is 10.8 Å². The first-order valence-electron chi connectivity index (χ1n) is 15.0. The van der Waals surface area contributed by atoms with Crippen LogP contribution in [0.1, 0.15) is 106 Å². The number of aliphatic carboxylic acids is 1. The third kappa shape index (κ3) is 10.4. The lowest BCUT2D eigenvalue weighted by Crippen LogP contribution is -2.29. The van der Waals surface area contributed by atoms with Gasteiger partial charge in [0.2, 0.25) is 0 Å². The van der Waals surface area contributed by atoms with E-state index in [0.29, 0.717) is 18.7 Å². The number of hydrogen-bond donors (Lipinski definition) is 2. The summed E-state index contributed by atoms with van der Waals surface area (Å²) in [6.45, 7) is 4.92. The monoisotopic (exact) mass is 546 g/mol. The van der Waals surface area contributed by atoms with Crippen LogP contribution in [0.5, 0.6) is 0 Å². The maximum absolute atomic E-state index is 12.6. The average molecular weight is 547 g/mol. The van der Waals surface area contributed by atoms with Crippen molar-refractivity contribution in [3.8, 4) is 0 Å². The standard InChI is InChI=1S/C34H46N2O4/c1-3-4-5-6-7-8-9-10-11-14-24-35-34(39)30-22-20-28(21-23-30)25-36(40-26-33(37)38)27(2)31-19-15-17-29-16-12-13-18-32(29)31/h12-13,15-23,27H,3-11,14,24-26H2,1-2H3,(H,35,39)(H,37,38). The molecule has 0 aliphatic heterocycles. The van der Waals surface area contributed by atoms with Crippen LogP contribution in [0.15, 0.2) is 66.7 Å². The predicted molar refractivity (Wildman–Crippen MR) is 162 cm³/mol. The fraction of sp³-hybridized carbons (Fsp3) is 0.471. The van der Waals surface area contributed by atoms with E-state index >= 15 is 0 Å². The molecule has 2 N–H and O–H groups in total. The van der Waals surface area contributed by atoms with E-state index in [1.165, 1.54) is 51.4 Å². The van der Waals surface area contributed by atoms with Gasteiger partial charge >= 0.3 is 5.97 Å². The second kappa shape index (κ2) is 17.5. The molecule has 0 saturated carbocycles. The first kappa shape index (κ1) is 31.3. The molecule has 40 heavy (non-hydrogen) atoms. The van der Waals surface area contributed by atoms with E-state index in [9.17, 15) is 14.7 Å². The van der Waals surface area contributed by atoms with Crippen molar-refractivity contribution in [2.75, 3.05) is 13.2 Å². The molecule has 6 nitrogen and oxygen atoms in total. The number of carboxylic acid groups (broad SMARTS) is 1. The Labute approximate surface area is 239 Å². The zero-order chi connectivity index (χ0) is 28.6. The molecule has 0 spiro atoms. The maximum atomic E-state index is 12.6. The third-order valence-electron chi connectivity index (χ3n) is 7.43. The summed E-state index contributed by atoms with van der Waals surface area (Å²) < 4.78 is 0. The van der Waals surface area contributed by atoms with Gasteiger partial charge in [-0.25, -0.2) is 4.79 Å². The van der Waals surface area contributed by atoms with Crippen LogP contribution in [0.2, 0.25) is 0 Å². The van der Waals surface area contributed by atoms with Crippen LogP contribution in [0.4, 0.5) is 0 Å². The lowest BCUT2D eigenvalue weighted by molar-refractivity contribution is -0.202. The highest BCUT2D eigenvalue weighted by molar-refractivity contribution is 5.94. The Morgan fingerprint density at radius 3 is 2.12 bits per heavy atom. The Hall–Kier alpha value is -3.22. The van der Waals surface area contributed by atoms with Crippen molar-refractivity contribution in [1.29, 1.82) is 0 Å². The molecule has 216 valence electrons. The number of unbranched alkanes of at least 4 members (excludes halogenated alkanes) is 9. The summed E-state index contributed by atoms with van der Waals surface area (Å²) >= 11 is 0. The first-order chi connectivity index (χ1) is 19.5. The van der Waals surface area contributed by atoms with E-state index in [0.717, 1.165) is 34.7 Å². The summed E-state index contributed by atoms with van der Waals surface area (Å²) in [7, 11) is 0. The highest BCUT2D eigenvalue weighted by Crippen LogP contribution is 2.29. The number of nitrogens with zero attached hydrogens (tertiary/aromatic N) is 1. The predicted octanol–water partition coefficient (Wildman–Crippen LogP) is 8.07. The molecule has 0 aliphatic rings. The number of hydroxylamine groups is 2. The summed E-state index contributed by atoms with van der Waals surface area (Å²) in [6.07, 6.45) is 12.7. The Morgan fingerprint density at radius 2 is 1.45 bits per heavy atom. The molecule has 0 aliphatic carbocycles. The smallest absolute Gasteiger partial charge is 0.331 e. The molecule has 0 heterocycles. The van der Waals surface area contributed by atoms with Gasteiger partial charge in [-0.1, -0.05) is 119 Å². The summed E-state index contributed by atoms with van der Waals surface area (Å²) in [5.41, 5.74) is 2.62. The molecule has 3 aromatic carbocycles. The molecule has 3 rings (SSSR count). The molecular weight excluding hydrogens is 500 g/mol. The highest BCUT2D eigenvalue weighted by Gasteiger charge is 2.20. The van der Waals surface area contributed by atoms with E-state index < -0.39 is 12.6 Å². The highest BCUT2D eigenvalue weighted by atomic mass is 16.7. The SMILES string of the molecule is CCCCCCCCCCCCNC(=O)c1ccc(CN(OCC(=O)O)C(C)c2cccc3ccccc23)cc1. The number of carboxylic acids is 1. The van der Waals surface area contributed by atoms with Gasteiger partial charge in [0.05, 0.1) is 6.04 Å². The number of rotatable bonds is 19. The van der Waals surface area contributed by atoms with Gasteiger partial charge in [0.1, 0.15) is 0 Å². The summed E-state index contributed by atoms with van der Waals surface area (Å²) in [5.74, 6) is -1.09. The van der Waals surface area contributed by atoms with Gasteiger partial charge in [-0.3, -0.25) is 9.63 Å². The number of nitrogens with one attached hydrogen (secondary N) is 1. The molecule has 6 heteroatoms. The number of fused-ring (bicyclic) bond motifs is 1. The summed E-state index contributed by atoms with van der Waals surface area (Å²) in [4.78, 5) is 29.6. The van der Waals surface area contributed by atoms with E-state index in [-0.39, 0.29) is 11.9 Å². The minimum absolute atomic E-state index is 0.0643. The van der Waals surface area contributed by atoms with Crippen LogP contribution in [0, 0.1) is 0 Å². The van der Waals surface area contributed by atoms with Crippen molar-refractivity contribution < 1.29 is 19.5 Å². The number of carbonyl (C=O) groups is 2. The van der Waals surface area contributed by atoms with E-state index in [1.54, 1.807) is 5.06 Å². The van der Waals surface area contributed by atoms with Crippen LogP contribution >= 0.6 is 0 Å². The van der Waals surface area contributed by atoms with Crippen molar-refractivity contribution in [2.24, 2.45) is 0 Å². The lowest BCUT2D eigenvalue weighted by Gasteiger charge is -2.29. The van der Waals surface area contributed by atoms with E-state index in [2.05, 4.69) is 30.4 Å². The van der Waals surface area contributed by atoms with Crippen LogP contribution < -0.4 is 5.32 Å². The number of hydrogen-bond acceptors (Lipinski definition) is 4. The molecule has 0 saturated heterocycles. The zero-order valence-electron chi connectivity index (χ0n) is 24.2. The second-order valence-electron chi connectivity index (χ2n) is 10.6. The van der Waals surface area contributed by atoms with Gasteiger partial charge in [0.25, 0.3) is 5.91 Å². The molecule has 0 radical (unpaired) electrons. The van der Waals surface area contributed by atoms with Crippen molar-refractivity contribution in [3.63, 3.8) is 0 Å². The normalized spacial score (nSPS) is 12.1. The van der Waals surface area contributed by atoms with Crippen molar-refractivity contribution in [2.45, 2.75) is 90.6 Å². The molecule has 1 atom stereocenters. The van der Waals surface area contributed by atoms with Crippen LogP contribution in [-0.2, 0) is 16.2 Å². The molecule has 1 unspecified atom stereocenters. The molecule has 0 fully saturated rings. The van der Waals surface area contributed by atoms with Crippen molar-refractivity contribution >= 4 is 22.6 Å². The summed E-state index contributed by atoms with van der Waals surface area (Å²) in [6, 6.07) is 21.5. The quantitative estimate of drug-likeness (QED) is 0.117. The molecular formula is C34H46N2O4. The fourth-order valence-electron chi connectivity index (χ4n) is 5.06. The Kier molecular flexibility index (Phi) is 13.7. The topological polar surface area (TPSA) is 78.9 Å². The van der Waals surface area contributed by atoms with Gasteiger partial charge < -0.3 is 10.4 Å². The minimum atomic E-state index is -1.02. The van der Waals surface area contributed by atoms with Crippen molar-refractivity contribution in [3.05, 3.63) is 83.4 Å². The molecule has 3 aromatic rings. The molecule has 0 bridgehead atoms. The Bertz CT molecular complexity index is 1170. The van der Waals surface area contributed by atoms with Crippen LogP contribution in [0.3, 0.4) is 0 Å². The second-order valence-corrected chi connectivity index (χ2v) is 10.6. The molecule has 1 amide bonds. The largest absolute Gasteiger partial charge is 0.479 e. The Morgan fingerprint density at radius 1 is 0.825 bits per heavy atom. The third-order valence-corrected chi connectivity index (χ3v) is 7.43. The van der Waals surface area contributed by atoms with Crippen molar-refractivity contribution in [1.82, 2.24) is 10.4 Å². The number of carbonyl (C=O) groups excluding carboxylic acids is 1. The Balaban J connectivity index is 1.48. The van der Waals surface area contributed by atoms with Gasteiger partial charge in [-0.15, -0.1) is 0 Å². The fourth-order valence-corrected chi connectivity index (χ4v) is 5.06. The minimum Gasteiger partial charge on any atom is -0.479 e. The van der Waals surface area contributed by atoms with Gasteiger partial charge in [-0.2, -0.15) is 5.06 Å². The first-order valence-corrected chi connectivity index (χ1v) is 15.0.